The molecule has 2 aliphatic heterocycles. The molecule has 2 rings (SSSR count). The second-order valence-corrected chi connectivity index (χ2v) is 5.37. The van der Waals surface area contributed by atoms with Crippen LogP contribution in [0.25, 0.3) is 0 Å². The Bertz CT molecular complexity index is 313. The van der Waals surface area contributed by atoms with E-state index in [0.717, 1.165) is 39.0 Å². The molecule has 0 aromatic heterocycles. The van der Waals surface area contributed by atoms with Crippen molar-refractivity contribution in [2.45, 2.75) is 26.2 Å². The van der Waals surface area contributed by atoms with Crippen molar-refractivity contribution < 1.29 is 9.59 Å². The topological polar surface area (TPSA) is 61.4 Å². The molecule has 2 fully saturated rings. The largest absolute Gasteiger partial charge is 0.355 e. The lowest BCUT2D eigenvalue weighted by molar-refractivity contribution is -0.130. The molecule has 5 heteroatoms. The Labute approximate surface area is 108 Å². The maximum absolute atomic E-state index is 11.9. The summed E-state index contributed by atoms with van der Waals surface area (Å²) in [5.74, 6) is 0.707. The van der Waals surface area contributed by atoms with Gasteiger partial charge in [0.2, 0.25) is 11.8 Å². The third-order valence-corrected chi connectivity index (χ3v) is 3.95. The minimum absolute atomic E-state index is 0.0619. The molecule has 0 radical (unpaired) electrons. The van der Waals surface area contributed by atoms with Gasteiger partial charge in [0, 0.05) is 32.6 Å². The minimum Gasteiger partial charge on any atom is -0.355 e. The highest BCUT2D eigenvalue weighted by Gasteiger charge is 2.29. The predicted molar refractivity (Wildman–Crippen MR) is 69.0 cm³/mol. The first-order chi connectivity index (χ1) is 8.68. The fourth-order valence-corrected chi connectivity index (χ4v) is 2.71. The Kier molecular flexibility index (Phi) is 4.58. The number of likely N-dealkylation sites (tertiary alicyclic amines) is 1. The third kappa shape index (κ3) is 3.22. The Hall–Kier alpha value is -1.10. The summed E-state index contributed by atoms with van der Waals surface area (Å²) in [4.78, 5) is 25.6. The van der Waals surface area contributed by atoms with Crippen LogP contribution in [-0.4, -0.2) is 49.4 Å². The van der Waals surface area contributed by atoms with Crippen molar-refractivity contribution in [3.63, 3.8) is 0 Å². The van der Waals surface area contributed by atoms with Gasteiger partial charge >= 0.3 is 0 Å². The lowest BCUT2D eigenvalue weighted by Gasteiger charge is -2.17. The van der Waals surface area contributed by atoms with Gasteiger partial charge in [-0.1, -0.05) is 6.92 Å². The van der Waals surface area contributed by atoms with Crippen LogP contribution in [0.15, 0.2) is 0 Å². The molecule has 18 heavy (non-hydrogen) atoms. The molecule has 2 saturated heterocycles. The maximum atomic E-state index is 11.9. The summed E-state index contributed by atoms with van der Waals surface area (Å²) in [5.41, 5.74) is 0. The van der Waals surface area contributed by atoms with Crippen molar-refractivity contribution in [1.29, 1.82) is 0 Å². The van der Waals surface area contributed by atoms with Crippen molar-refractivity contribution >= 4 is 11.8 Å². The van der Waals surface area contributed by atoms with E-state index in [4.69, 9.17) is 0 Å². The van der Waals surface area contributed by atoms with Gasteiger partial charge in [-0.05, 0) is 25.3 Å². The summed E-state index contributed by atoms with van der Waals surface area (Å²) in [6.45, 7) is 5.99. The van der Waals surface area contributed by atoms with Crippen LogP contribution in [0.4, 0.5) is 0 Å². The summed E-state index contributed by atoms with van der Waals surface area (Å²) >= 11 is 0. The summed E-state index contributed by atoms with van der Waals surface area (Å²) in [6, 6.07) is 0. The molecule has 0 aliphatic carbocycles. The zero-order valence-corrected chi connectivity index (χ0v) is 11.1. The highest BCUT2D eigenvalue weighted by atomic mass is 16.2. The number of amides is 2. The zero-order valence-electron chi connectivity index (χ0n) is 11.1. The minimum atomic E-state index is 0.0619. The number of hydrogen-bond donors (Lipinski definition) is 2. The van der Waals surface area contributed by atoms with Crippen LogP contribution < -0.4 is 10.6 Å². The fourth-order valence-electron chi connectivity index (χ4n) is 2.71. The van der Waals surface area contributed by atoms with E-state index in [1.807, 2.05) is 4.90 Å². The Morgan fingerprint density at radius 3 is 2.61 bits per heavy atom. The second-order valence-electron chi connectivity index (χ2n) is 5.37. The smallest absolute Gasteiger partial charge is 0.224 e. The SMILES string of the molecule is C[C@@H]1CNC[C@H]1C(=O)NCCC(=O)N1CCCC1. The van der Waals surface area contributed by atoms with E-state index in [9.17, 15) is 9.59 Å². The highest BCUT2D eigenvalue weighted by molar-refractivity contribution is 5.81. The van der Waals surface area contributed by atoms with Gasteiger partial charge in [-0.25, -0.2) is 0 Å². The molecular formula is C13H23N3O2. The van der Waals surface area contributed by atoms with E-state index in [1.54, 1.807) is 0 Å². The van der Waals surface area contributed by atoms with Gasteiger partial charge in [-0.3, -0.25) is 9.59 Å². The number of nitrogens with one attached hydrogen (secondary N) is 2. The molecule has 2 atom stereocenters. The van der Waals surface area contributed by atoms with Crippen LogP contribution in [0.5, 0.6) is 0 Å². The molecule has 0 saturated carbocycles. The molecule has 2 aliphatic rings. The summed E-state index contributed by atoms with van der Waals surface area (Å²) in [6.07, 6.45) is 2.66. The van der Waals surface area contributed by atoms with E-state index >= 15 is 0 Å². The number of hydrogen-bond acceptors (Lipinski definition) is 3. The molecule has 0 unspecified atom stereocenters. The van der Waals surface area contributed by atoms with Crippen LogP contribution in [0.2, 0.25) is 0 Å². The average molecular weight is 253 g/mol. The third-order valence-electron chi connectivity index (χ3n) is 3.95. The van der Waals surface area contributed by atoms with Crippen LogP contribution in [0, 0.1) is 11.8 Å². The van der Waals surface area contributed by atoms with Crippen LogP contribution in [0.3, 0.4) is 0 Å². The first-order valence-electron chi connectivity index (χ1n) is 6.94. The van der Waals surface area contributed by atoms with Gasteiger partial charge in [0.05, 0.1) is 5.92 Å². The Balaban J connectivity index is 1.65. The van der Waals surface area contributed by atoms with E-state index in [0.29, 0.717) is 18.9 Å². The molecule has 0 bridgehead atoms. The van der Waals surface area contributed by atoms with Gasteiger partial charge in [0.15, 0.2) is 0 Å². The van der Waals surface area contributed by atoms with Gasteiger partial charge in [-0.2, -0.15) is 0 Å². The van der Waals surface area contributed by atoms with Crippen molar-refractivity contribution in [3.8, 4) is 0 Å². The van der Waals surface area contributed by atoms with E-state index in [-0.39, 0.29) is 17.7 Å². The molecule has 5 nitrogen and oxygen atoms in total. The van der Waals surface area contributed by atoms with Crippen LogP contribution >= 0.6 is 0 Å². The highest BCUT2D eigenvalue weighted by Crippen LogP contribution is 2.15. The molecule has 102 valence electrons. The van der Waals surface area contributed by atoms with Gasteiger partial charge in [0.25, 0.3) is 0 Å². The number of nitrogens with zero attached hydrogens (tertiary/aromatic N) is 1. The van der Waals surface area contributed by atoms with E-state index < -0.39 is 0 Å². The summed E-state index contributed by atoms with van der Waals surface area (Å²) in [7, 11) is 0. The number of carbonyl (C=O) groups is 2. The number of rotatable bonds is 4. The lowest BCUT2D eigenvalue weighted by atomic mass is 9.97. The molecular weight excluding hydrogens is 230 g/mol. The van der Waals surface area contributed by atoms with Gasteiger partial charge in [-0.15, -0.1) is 0 Å². The lowest BCUT2D eigenvalue weighted by Crippen LogP contribution is -2.37. The zero-order chi connectivity index (χ0) is 13.0. The summed E-state index contributed by atoms with van der Waals surface area (Å²) < 4.78 is 0. The van der Waals surface area contributed by atoms with Gasteiger partial charge < -0.3 is 15.5 Å². The second kappa shape index (κ2) is 6.18. The van der Waals surface area contributed by atoms with Crippen molar-refractivity contribution in [2.24, 2.45) is 11.8 Å². The normalized spacial score (nSPS) is 27.5. The van der Waals surface area contributed by atoms with Crippen molar-refractivity contribution in [2.75, 3.05) is 32.7 Å². The van der Waals surface area contributed by atoms with Crippen molar-refractivity contribution in [1.82, 2.24) is 15.5 Å². The Morgan fingerprint density at radius 1 is 1.28 bits per heavy atom. The standard InChI is InChI=1S/C13H23N3O2/c1-10-8-14-9-11(10)13(18)15-5-4-12(17)16-6-2-3-7-16/h10-11,14H,2-9H2,1H3,(H,15,18)/t10-,11-/m1/s1. The molecule has 0 aromatic carbocycles. The summed E-state index contributed by atoms with van der Waals surface area (Å²) in [5, 5.41) is 6.09. The molecule has 0 aromatic rings. The molecule has 0 spiro atoms. The average Bonchev–Trinajstić information content (AvgIpc) is 2.99. The first kappa shape index (κ1) is 13.3. The van der Waals surface area contributed by atoms with E-state index in [2.05, 4.69) is 17.6 Å². The fraction of sp³-hybridized carbons (Fsp3) is 0.846. The number of carbonyl (C=O) groups excluding carboxylic acids is 2. The predicted octanol–water partition coefficient (Wildman–Crippen LogP) is -0.0294. The van der Waals surface area contributed by atoms with Gasteiger partial charge in [0.1, 0.15) is 0 Å². The maximum Gasteiger partial charge on any atom is 0.224 e. The molecule has 2 heterocycles. The monoisotopic (exact) mass is 253 g/mol. The molecule has 2 amide bonds. The molecule has 2 N–H and O–H groups in total. The van der Waals surface area contributed by atoms with Crippen LogP contribution in [-0.2, 0) is 9.59 Å². The van der Waals surface area contributed by atoms with Crippen LogP contribution in [0.1, 0.15) is 26.2 Å². The Morgan fingerprint density at radius 2 is 2.00 bits per heavy atom. The quantitative estimate of drug-likeness (QED) is 0.739. The van der Waals surface area contributed by atoms with Crippen molar-refractivity contribution in [3.05, 3.63) is 0 Å². The van der Waals surface area contributed by atoms with E-state index in [1.165, 1.54) is 0 Å². The first-order valence-corrected chi connectivity index (χ1v) is 6.94.